The molecule has 5 heteroatoms. The van der Waals surface area contributed by atoms with Crippen LogP contribution in [0.2, 0.25) is 5.02 Å². The van der Waals surface area contributed by atoms with Gasteiger partial charge >= 0.3 is 5.97 Å². The highest BCUT2D eigenvalue weighted by Crippen LogP contribution is 2.49. The van der Waals surface area contributed by atoms with Crippen molar-refractivity contribution in [3.05, 3.63) is 34.9 Å². The standard InChI is InChI=1S/C13H14ClNO3/c1-7(13(17)18)15-12(16)10-6-9(10)8-4-2-3-5-11(8)14/h2-5,7,9-10H,6H2,1H3,(H,15,16)(H,17,18)/t7-,9-,10-/m0/s1. The molecule has 0 radical (unpaired) electrons. The number of carboxylic acids is 1. The van der Waals surface area contributed by atoms with Crippen LogP contribution in [0.1, 0.15) is 24.8 Å². The molecule has 0 bridgehead atoms. The van der Waals surface area contributed by atoms with Gasteiger partial charge in [-0.15, -0.1) is 0 Å². The fourth-order valence-electron chi connectivity index (χ4n) is 1.99. The summed E-state index contributed by atoms with van der Waals surface area (Å²) in [5.74, 6) is -1.29. The van der Waals surface area contributed by atoms with Gasteiger partial charge in [-0.3, -0.25) is 9.59 Å². The number of nitrogens with one attached hydrogen (secondary N) is 1. The van der Waals surface area contributed by atoms with Crippen molar-refractivity contribution in [2.45, 2.75) is 25.3 Å². The summed E-state index contributed by atoms with van der Waals surface area (Å²) >= 11 is 6.06. The number of carbonyl (C=O) groups is 2. The SMILES string of the molecule is C[C@H](NC(=O)[C@H]1C[C@H]1c1ccccc1Cl)C(=O)O. The van der Waals surface area contributed by atoms with E-state index >= 15 is 0 Å². The number of carbonyl (C=O) groups excluding carboxylic acids is 1. The van der Waals surface area contributed by atoms with Crippen molar-refractivity contribution < 1.29 is 14.7 Å². The molecule has 3 atom stereocenters. The predicted octanol–water partition coefficient (Wildman–Crippen LogP) is 2.03. The van der Waals surface area contributed by atoms with Crippen LogP contribution in [-0.4, -0.2) is 23.0 Å². The molecule has 1 aromatic rings. The lowest BCUT2D eigenvalue weighted by Gasteiger charge is -2.09. The van der Waals surface area contributed by atoms with Gasteiger partial charge in [0.05, 0.1) is 0 Å². The molecule has 1 saturated carbocycles. The van der Waals surface area contributed by atoms with Gasteiger partial charge < -0.3 is 10.4 Å². The van der Waals surface area contributed by atoms with Gasteiger partial charge in [-0.05, 0) is 30.9 Å². The zero-order valence-electron chi connectivity index (χ0n) is 9.89. The van der Waals surface area contributed by atoms with Crippen LogP contribution in [0, 0.1) is 5.92 Å². The normalized spacial score (nSPS) is 23.2. The van der Waals surface area contributed by atoms with Crippen LogP contribution in [0.5, 0.6) is 0 Å². The average molecular weight is 268 g/mol. The van der Waals surface area contributed by atoms with Gasteiger partial charge in [0.2, 0.25) is 5.91 Å². The van der Waals surface area contributed by atoms with Crippen molar-refractivity contribution in [3.8, 4) is 0 Å². The molecule has 0 heterocycles. The van der Waals surface area contributed by atoms with E-state index in [-0.39, 0.29) is 17.7 Å². The maximum absolute atomic E-state index is 11.8. The third-order valence-corrected chi connectivity index (χ3v) is 3.51. The van der Waals surface area contributed by atoms with Crippen LogP contribution >= 0.6 is 11.6 Å². The Bertz CT molecular complexity index is 489. The number of benzene rings is 1. The number of amides is 1. The van der Waals surface area contributed by atoms with Crippen LogP contribution in [0.4, 0.5) is 0 Å². The van der Waals surface area contributed by atoms with E-state index in [1.807, 2.05) is 18.2 Å². The van der Waals surface area contributed by atoms with Gasteiger partial charge in [0.15, 0.2) is 0 Å². The first-order valence-electron chi connectivity index (χ1n) is 5.78. The second kappa shape index (κ2) is 4.98. The summed E-state index contributed by atoms with van der Waals surface area (Å²) < 4.78 is 0. The average Bonchev–Trinajstić information content (AvgIpc) is 3.09. The molecule has 1 aromatic carbocycles. The molecule has 0 spiro atoms. The molecule has 0 aliphatic heterocycles. The Balaban J connectivity index is 1.97. The van der Waals surface area contributed by atoms with E-state index in [4.69, 9.17) is 16.7 Å². The number of rotatable bonds is 4. The van der Waals surface area contributed by atoms with Crippen molar-refractivity contribution >= 4 is 23.5 Å². The van der Waals surface area contributed by atoms with Crippen molar-refractivity contribution in [1.82, 2.24) is 5.32 Å². The number of aliphatic carboxylic acids is 1. The molecule has 2 N–H and O–H groups in total. The fraction of sp³-hybridized carbons (Fsp3) is 0.385. The first-order valence-corrected chi connectivity index (χ1v) is 6.16. The quantitative estimate of drug-likeness (QED) is 0.877. The number of hydrogen-bond donors (Lipinski definition) is 2. The molecule has 1 amide bonds. The van der Waals surface area contributed by atoms with Gasteiger partial charge in [-0.2, -0.15) is 0 Å². The summed E-state index contributed by atoms with van der Waals surface area (Å²) in [6, 6.07) is 6.57. The third kappa shape index (κ3) is 2.64. The van der Waals surface area contributed by atoms with E-state index in [0.29, 0.717) is 5.02 Å². The number of carboxylic acid groups (broad SMARTS) is 1. The lowest BCUT2D eigenvalue weighted by Crippen LogP contribution is -2.39. The van der Waals surface area contributed by atoms with E-state index in [0.717, 1.165) is 12.0 Å². The Morgan fingerprint density at radius 1 is 1.44 bits per heavy atom. The summed E-state index contributed by atoms with van der Waals surface area (Å²) in [5.41, 5.74) is 0.960. The van der Waals surface area contributed by atoms with E-state index < -0.39 is 12.0 Å². The molecule has 4 nitrogen and oxygen atoms in total. The predicted molar refractivity (Wildman–Crippen MR) is 67.5 cm³/mol. The molecular formula is C13H14ClNO3. The Morgan fingerprint density at radius 3 is 2.72 bits per heavy atom. The second-order valence-electron chi connectivity index (χ2n) is 4.54. The first kappa shape index (κ1) is 12.9. The summed E-state index contributed by atoms with van der Waals surface area (Å²) in [5, 5.41) is 11.9. The highest BCUT2D eigenvalue weighted by molar-refractivity contribution is 6.31. The topological polar surface area (TPSA) is 66.4 Å². The minimum atomic E-state index is -1.03. The van der Waals surface area contributed by atoms with E-state index in [9.17, 15) is 9.59 Å². The van der Waals surface area contributed by atoms with E-state index in [2.05, 4.69) is 5.32 Å². The second-order valence-corrected chi connectivity index (χ2v) is 4.95. The van der Waals surface area contributed by atoms with Crippen LogP contribution < -0.4 is 5.32 Å². The highest BCUT2D eigenvalue weighted by atomic mass is 35.5. The minimum absolute atomic E-state index is 0.111. The Labute approximate surface area is 110 Å². The lowest BCUT2D eigenvalue weighted by molar-refractivity contribution is -0.141. The van der Waals surface area contributed by atoms with Gasteiger partial charge in [0.1, 0.15) is 6.04 Å². The summed E-state index contributed by atoms with van der Waals surface area (Å²) in [4.78, 5) is 22.4. The molecule has 96 valence electrons. The Morgan fingerprint density at radius 2 is 2.11 bits per heavy atom. The summed E-state index contributed by atoms with van der Waals surface area (Å²) in [7, 11) is 0. The molecule has 1 fully saturated rings. The van der Waals surface area contributed by atoms with Crippen molar-refractivity contribution in [2.24, 2.45) is 5.92 Å². The lowest BCUT2D eigenvalue weighted by atomic mass is 10.1. The molecule has 1 aliphatic rings. The van der Waals surface area contributed by atoms with Crippen molar-refractivity contribution in [1.29, 1.82) is 0 Å². The maximum atomic E-state index is 11.8. The smallest absolute Gasteiger partial charge is 0.325 e. The van der Waals surface area contributed by atoms with Crippen molar-refractivity contribution in [2.75, 3.05) is 0 Å². The largest absolute Gasteiger partial charge is 0.480 e. The molecule has 18 heavy (non-hydrogen) atoms. The molecule has 1 aliphatic carbocycles. The monoisotopic (exact) mass is 267 g/mol. The minimum Gasteiger partial charge on any atom is -0.480 e. The van der Waals surface area contributed by atoms with E-state index in [1.54, 1.807) is 6.07 Å². The molecule has 0 saturated heterocycles. The fourth-order valence-corrected chi connectivity index (χ4v) is 2.26. The summed E-state index contributed by atoms with van der Waals surface area (Å²) in [6.45, 7) is 1.45. The highest BCUT2D eigenvalue weighted by Gasteiger charge is 2.45. The zero-order valence-corrected chi connectivity index (χ0v) is 10.6. The maximum Gasteiger partial charge on any atom is 0.325 e. The van der Waals surface area contributed by atoms with Gasteiger partial charge in [-0.25, -0.2) is 0 Å². The van der Waals surface area contributed by atoms with Gasteiger partial charge in [-0.1, -0.05) is 29.8 Å². The van der Waals surface area contributed by atoms with Gasteiger partial charge in [0.25, 0.3) is 0 Å². The van der Waals surface area contributed by atoms with Crippen molar-refractivity contribution in [3.63, 3.8) is 0 Å². The van der Waals surface area contributed by atoms with Crippen LogP contribution in [0.25, 0.3) is 0 Å². The summed E-state index contributed by atoms with van der Waals surface area (Å²) in [6.07, 6.45) is 0.724. The zero-order chi connectivity index (χ0) is 13.3. The van der Waals surface area contributed by atoms with Crippen LogP contribution in [0.15, 0.2) is 24.3 Å². The van der Waals surface area contributed by atoms with Gasteiger partial charge in [0, 0.05) is 10.9 Å². The molecule has 0 aromatic heterocycles. The van der Waals surface area contributed by atoms with Crippen LogP contribution in [-0.2, 0) is 9.59 Å². The molecule has 2 rings (SSSR count). The first-order chi connectivity index (χ1) is 8.50. The van der Waals surface area contributed by atoms with E-state index in [1.165, 1.54) is 6.92 Å². The Kier molecular flexibility index (Phi) is 3.57. The molecule has 0 unspecified atom stereocenters. The third-order valence-electron chi connectivity index (χ3n) is 3.16. The number of hydrogen-bond acceptors (Lipinski definition) is 2. The van der Waals surface area contributed by atoms with Crippen LogP contribution in [0.3, 0.4) is 0 Å². The number of halogens is 1. The Hall–Kier alpha value is -1.55. The molecular weight excluding hydrogens is 254 g/mol.